The molecule has 0 aliphatic carbocycles. The van der Waals surface area contributed by atoms with Crippen molar-refractivity contribution < 1.29 is 29.0 Å². The maximum atomic E-state index is 13.1. The third-order valence-corrected chi connectivity index (χ3v) is 4.83. The molecule has 1 aliphatic rings. The van der Waals surface area contributed by atoms with E-state index in [9.17, 15) is 19.5 Å². The molecule has 28 heavy (non-hydrogen) atoms. The highest BCUT2D eigenvalue weighted by Gasteiger charge is 2.72. The van der Waals surface area contributed by atoms with E-state index in [0.717, 1.165) is 4.90 Å². The third kappa shape index (κ3) is 3.45. The van der Waals surface area contributed by atoms with Crippen LogP contribution in [0.25, 0.3) is 0 Å². The van der Waals surface area contributed by atoms with Crippen LogP contribution < -0.4 is 0 Å². The largest absolute Gasteiger partial charge is 0.459 e. The molecule has 1 N–H and O–H groups in total. The quantitative estimate of drug-likeness (QED) is 0.416. The van der Waals surface area contributed by atoms with Gasteiger partial charge in [0.25, 0.3) is 5.54 Å². The number of rotatable bonds is 8. The molecule has 0 radical (unpaired) electrons. The Labute approximate surface area is 164 Å². The zero-order valence-electron chi connectivity index (χ0n) is 16.1. The Morgan fingerprint density at radius 2 is 1.68 bits per heavy atom. The molecule has 1 amide bonds. The van der Waals surface area contributed by atoms with Gasteiger partial charge >= 0.3 is 11.9 Å². The summed E-state index contributed by atoms with van der Waals surface area (Å²) < 4.78 is 10.3. The molecule has 150 valence electrons. The minimum Gasteiger partial charge on any atom is -0.459 e. The van der Waals surface area contributed by atoms with Crippen molar-refractivity contribution in [1.82, 2.24) is 4.90 Å². The lowest BCUT2D eigenvalue weighted by molar-refractivity contribution is -0.190. The van der Waals surface area contributed by atoms with Crippen molar-refractivity contribution in [2.75, 3.05) is 13.2 Å². The van der Waals surface area contributed by atoms with E-state index in [0.29, 0.717) is 5.56 Å². The molecule has 2 rings (SSSR count). The van der Waals surface area contributed by atoms with E-state index < -0.39 is 41.4 Å². The molecule has 0 bridgehead atoms. The van der Waals surface area contributed by atoms with Crippen molar-refractivity contribution in [3.63, 3.8) is 0 Å². The molecule has 0 spiro atoms. The molecule has 2 unspecified atom stereocenters. The van der Waals surface area contributed by atoms with E-state index in [2.05, 4.69) is 13.2 Å². The maximum absolute atomic E-state index is 13.1. The van der Waals surface area contributed by atoms with Gasteiger partial charge in [-0.05, 0) is 19.4 Å². The van der Waals surface area contributed by atoms with Crippen molar-refractivity contribution in [3.05, 3.63) is 61.2 Å². The van der Waals surface area contributed by atoms with Gasteiger partial charge in [-0.25, -0.2) is 9.59 Å². The number of likely N-dealkylation sites (tertiary alicyclic amines) is 1. The summed E-state index contributed by atoms with van der Waals surface area (Å²) in [6.07, 6.45) is 2.23. The van der Waals surface area contributed by atoms with Gasteiger partial charge < -0.3 is 19.5 Å². The van der Waals surface area contributed by atoms with Crippen LogP contribution >= 0.6 is 0 Å². The Bertz CT molecular complexity index is 746. The summed E-state index contributed by atoms with van der Waals surface area (Å²) in [5.74, 6) is -2.70. The number of nitrogens with zero attached hydrogens (tertiary/aromatic N) is 1. The number of esters is 2. The molecule has 7 heteroatoms. The maximum Gasteiger partial charge on any atom is 0.347 e. The number of ether oxygens (including phenoxy) is 2. The van der Waals surface area contributed by atoms with Gasteiger partial charge in [0.05, 0.1) is 12.5 Å². The van der Waals surface area contributed by atoms with Crippen LogP contribution in [-0.4, -0.2) is 52.2 Å². The summed E-state index contributed by atoms with van der Waals surface area (Å²) in [4.78, 5) is 40.1. The normalized spacial score (nSPS) is 21.7. The van der Waals surface area contributed by atoms with Gasteiger partial charge in [-0.2, -0.15) is 0 Å². The second-order valence-electron chi connectivity index (χ2n) is 6.79. The van der Waals surface area contributed by atoms with E-state index in [-0.39, 0.29) is 13.2 Å². The topological polar surface area (TPSA) is 93.1 Å². The van der Waals surface area contributed by atoms with Gasteiger partial charge in [0.2, 0.25) is 5.91 Å². The Balaban J connectivity index is 2.64. The summed E-state index contributed by atoms with van der Waals surface area (Å²) in [5.41, 5.74) is -3.71. The number of hydrogen-bond acceptors (Lipinski definition) is 6. The fraction of sp³-hybridized carbons (Fsp3) is 0.381. The number of aliphatic hydroxyl groups is 1. The van der Waals surface area contributed by atoms with Crippen molar-refractivity contribution in [1.29, 1.82) is 0 Å². The van der Waals surface area contributed by atoms with Gasteiger partial charge in [0.1, 0.15) is 18.8 Å². The average molecular weight is 387 g/mol. The fourth-order valence-corrected chi connectivity index (χ4v) is 3.54. The summed E-state index contributed by atoms with van der Waals surface area (Å²) in [5, 5.41) is 11.1. The van der Waals surface area contributed by atoms with Gasteiger partial charge in [0, 0.05) is 0 Å². The molecule has 7 nitrogen and oxygen atoms in total. The Kier molecular flexibility index (Phi) is 6.41. The number of carbonyl (C=O) groups is 3. The third-order valence-electron chi connectivity index (χ3n) is 4.83. The molecular weight excluding hydrogens is 362 g/mol. The molecule has 0 saturated carbocycles. The fourth-order valence-electron chi connectivity index (χ4n) is 3.54. The monoisotopic (exact) mass is 387 g/mol. The molecule has 1 fully saturated rings. The number of benzene rings is 1. The first-order chi connectivity index (χ1) is 13.2. The standard InChI is InChI=1S/C21H25NO6/c1-5-12-27-18(24)21(19(25)28-13-6-2)20(4,26)14-17(23)22(21)15(3)16-10-8-7-9-11-16/h5-11,15,26H,1-2,12-14H2,3-4H3. The average Bonchev–Trinajstić information content (AvgIpc) is 2.89. The predicted octanol–water partition coefficient (Wildman–Crippen LogP) is 1.93. The lowest BCUT2D eigenvalue weighted by Crippen LogP contribution is -2.68. The summed E-state index contributed by atoms with van der Waals surface area (Å²) in [6, 6.07) is 8.19. The van der Waals surface area contributed by atoms with Crippen molar-refractivity contribution in [3.8, 4) is 0 Å². The van der Waals surface area contributed by atoms with E-state index in [4.69, 9.17) is 9.47 Å². The highest BCUT2D eigenvalue weighted by atomic mass is 16.6. The van der Waals surface area contributed by atoms with Crippen LogP contribution in [-0.2, 0) is 23.9 Å². The first kappa shape index (κ1) is 21.4. The summed E-state index contributed by atoms with van der Waals surface area (Å²) >= 11 is 0. The Morgan fingerprint density at radius 1 is 1.18 bits per heavy atom. The predicted molar refractivity (Wildman–Crippen MR) is 102 cm³/mol. The zero-order valence-corrected chi connectivity index (χ0v) is 16.1. The van der Waals surface area contributed by atoms with Crippen LogP contribution in [0.2, 0.25) is 0 Å². The number of amides is 1. The van der Waals surface area contributed by atoms with Crippen molar-refractivity contribution in [2.45, 2.75) is 37.5 Å². The van der Waals surface area contributed by atoms with E-state index >= 15 is 0 Å². The number of hydrogen-bond donors (Lipinski definition) is 1. The molecule has 1 aliphatic heterocycles. The minimum absolute atomic E-state index is 0.187. The lowest BCUT2D eigenvalue weighted by atomic mass is 9.80. The van der Waals surface area contributed by atoms with Crippen LogP contribution in [0.5, 0.6) is 0 Å². The number of carbonyl (C=O) groups excluding carboxylic acids is 3. The van der Waals surface area contributed by atoms with Crippen LogP contribution in [0.1, 0.15) is 31.9 Å². The van der Waals surface area contributed by atoms with Gasteiger partial charge in [-0.3, -0.25) is 4.79 Å². The molecular formula is C21H25NO6. The summed E-state index contributed by atoms with van der Waals surface area (Å²) in [6.45, 7) is 9.51. The summed E-state index contributed by atoms with van der Waals surface area (Å²) in [7, 11) is 0. The Morgan fingerprint density at radius 3 is 2.14 bits per heavy atom. The van der Waals surface area contributed by atoms with Gasteiger partial charge in [-0.15, -0.1) is 0 Å². The van der Waals surface area contributed by atoms with E-state index in [1.807, 2.05) is 6.07 Å². The van der Waals surface area contributed by atoms with Gasteiger partial charge in [-0.1, -0.05) is 55.6 Å². The second-order valence-corrected chi connectivity index (χ2v) is 6.79. The molecule has 2 atom stereocenters. The van der Waals surface area contributed by atoms with E-state index in [1.54, 1.807) is 31.2 Å². The van der Waals surface area contributed by atoms with Crippen molar-refractivity contribution >= 4 is 17.8 Å². The lowest BCUT2D eigenvalue weighted by Gasteiger charge is -2.42. The molecule has 0 aromatic heterocycles. The van der Waals surface area contributed by atoms with Crippen molar-refractivity contribution in [2.24, 2.45) is 0 Å². The van der Waals surface area contributed by atoms with E-state index in [1.165, 1.54) is 19.1 Å². The molecule has 1 heterocycles. The first-order valence-corrected chi connectivity index (χ1v) is 8.89. The molecule has 1 saturated heterocycles. The highest BCUT2D eigenvalue weighted by Crippen LogP contribution is 2.46. The second kappa shape index (κ2) is 8.39. The first-order valence-electron chi connectivity index (χ1n) is 8.89. The van der Waals surface area contributed by atoms with Gasteiger partial charge in [0.15, 0.2) is 0 Å². The van der Waals surface area contributed by atoms with Crippen LogP contribution in [0.3, 0.4) is 0 Å². The highest BCUT2D eigenvalue weighted by molar-refractivity contribution is 6.12. The minimum atomic E-state index is -2.36. The van der Waals surface area contributed by atoms with Crippen LogP contribution in [0.15, 0.2) is 55.6 Å². The SMILES string of the molecule is C=CCOC(=O)C1(C(=O)OCC=C)N(C(C)c2ccccc2)C(=O)CC1(C)O. The molecule has 1 aromatic rings. The Hall–Kier alpha value is -2.93. The smallest absolute Gasteiger partial charge is 0.347 e. The van der Waals surface area contributed by atoms with Crippen LogP contribution in [0, 0.1) is 0 Å². The molecule has 1 aromatic carbocycles. The van der Waals surface area contributed by atoms with Crippen LogP contribution in [0.4, 0.5) is 0 Å². The zero-order chi connectivity index (χ0) is 20.9.